The van der Waals surface area contributed by atoms with Gasteiger partial charge in [0.25, 0.3) is 5.91 Å². The Hall–Kier alpha value is -1.41. The summed E-state index contributed by atoms with van der Waals surface area (Å²) >= 11 is 0. The van der Waals surface area contributed by atoms with Crippen molar-refractivity contribution in [2.45, 2.75) is 44.6 Å². The lowest BCUT2D eigenvalue weighted by molar-refractivity contribution is 0.0564. The molecule has 2 atom stereocenters. The van der Waals surface area contributed by atoms with Crippen LogP contribution in [-0.2, 0) is 10.0 Å². The van der Waals surface area contributed by atoms with Gasteiger partial charge in [-0.2, -0.15) is 5.10 Å². The molecular weight excluding hydrogens is 280 g/mol. The van der Waals surface area contributed by atoms with Crippen LogP contribution in [0.1, 0.15) is 42.9 Å². The van der Waals surface area contributed by atoms with E-state index in [0.29, 0.717) is 12.5 Å². The van der Waals surface area contributed by atoms with E-state index in [1.165, 1.54) is 6.92 Å². The molecule has 8 heteroatoms. The number of likely N-dealkylation sites (tertiary alicyclic amines) is 1. The first-order chi connectivity index (χ1) is 9.21. The Bertz CT molecular complexity index is 623. The number of nitrogens with two attached hydrogens (primary N) is 1. The smallest absolute Gasteiger partial charge is 0.276 e. The third-order valence-corrected chi connectivity index (χ3v) is 4.83. The second-order valence-corrected chi connectivity index (χ2v) is 7.06. The minimum Gasteiger partial charge on any atom is -0.334 e. The van der Waals surface area contributed by atoms with Crippen LogP contribution in [0.3, 0.4) is 0 Å². The van der Waals surface area contributed by atoms with Gasteiger partial charge in [0.15, 0.2) is 5.69 Å². The first kappa shape index (κ1) is 15.0. The number of H-pyrrole nitrogens is 1. The molecule has 1 saturated heterocycles. The van der Waals surface area contributed by atoms with Gasteiger partial charge in [-0.05, 0) is 32.6 Å². The van der Waals surface area contributed by atoms with E-state index in [-0.39, 0.29) is 28.2 Å². The van der Waals surface area contributed by atoms with E-state index in [1.54, 1.807) is 4.90 Å². The summed E-state index contributed by atoms with van der Waals surface area (Å²) < 4.78 is 23.2. The zero-order chi connectivity index (χ0) is 15.1. The van der Waals surface area contributed by atoms with Gasteiger partial charge in [0, 0.05) is 12.6 Å². The van der Waals surface area contributed by atoms with Crippen LogP contribution in [-0.4, -0.2) is 42.0 Å². The molecule has 1 aromatic heterocycles. The molecule has 0 aliphatic carbocycles. The number of sulfonamides is 1. The van der Waals surface area contributed by atoms with Crippen molar-refractivity contribution in [2.24, 2.45) is 11.1 Å². The number of piperidine rings is 1. The fourth-order valence-electron chi connectivity index (χ4n) is 2.62. The van der Waals surface area contributed by atoms with Crippen molar-refractivity contribution in [1.82, 2.24) is 15.1 Å². The maximum absolute atomic E-state index is 12.6. The molecule has 7 nitrogen and oxygen atoms in total. The van der Waals surface area contributed by atoms with E-state index in [0.717, 1.165) is 12.8 Å². The number of nitrogens with zero attached hydrogens (tertiary/aromatic N) is 2. The average Bonchev–Trinajstić information content (AvgIpc) is 2.73. The van der Waals surface area contributed by atoms with Gasteiger partial charge in [-0.25, -0.2) is 13.6 Å². The Labute approximate surface area is 118 Å². The molecule has 0 bridgehead atoms. The molecule has 0 radical (unpaired) electrons. The number of aromatic amines is 1. The van der Waals surface area contributed by atoms with Crippen LogP contribution in [0.25, 0.3) is 0 Å². The second kappa shape index (κ2) is 5.17. The zero-order valence-electron chi connectivity index (χ0n) is 11.9. The summed E-state index contributed by atoms with van der Waals surface area (Å²) in [7, 11) is -3.98. The first-order valence-corrected chi connectivity index (χ1v) is 8.15. The Morgan fingerprint density at radius 3 is 2.65 bits per heavy atom. The van der Waals surface area contributed by atoms with Crippen molar-refractivity contribution in [1.29, 1.82) is 0 Å². The van der Waals surface area contributed by atoms with Gasteiger partial charge in [0.1, 0.15) is 4.90 Å². The van der Waals surface area contributed by atoms with Gasteiger partial charge in [-0.15, -0.1) is 0 Å². The molecule has 2 rings (SSSR count). The minimum atomic E-state index is -3.98. The number of nitrogens with one attached hydrogen (secondary N) is 1. The van der Waals surface area contributed by atoms with Crippen molar-refractivity contribution in [3.8, 4) is 0 Å². The number of hydrogen-bond donors (Lipinski definition) is 2. The van der Waals surface area contributed by atoms with Crippen molar-refractivity contribution < 1.29 is 13.2 Å². The van der Waals surface area contributed by atoms with Gasteiger partial charge in [0.2, 0.25) is 10.0 Å². The van der Waals surface area contributed by atoms with Crippen molar-refractivity contribution >= 4 is 15.9 Å². The topological polar surface area (TPSA) is 109 Å². The number of rotatable bonds is 2. The molecule has 2 heterocycles. The molecule has 1 aliphatic heterocycles. The summed E-state index contributed by atoms with van der Waals surface area (Å²) in [6, 6.07) is 0.0732. The van der Waals surface area contributed by atoms with Crippen molar-refractivity contribution in [2.75, 3.05) is 6.54 Å². The quantitative estimate of drug-likeness (QED) is 0.834. The standard InChI is InChI=1S/C12H20N4O3S/c1-7-4-5-8(2)16(6-7)12(17)10-11(20(13,18)19)9(3)14-15-10/h7-8H,4-6H2,1-3H3,(H,14,15)(H2,13,18,19). The SMILES string of the molecule is Cc1[nH]nc(C(=O)N2CC(C)CCC2C)c1S(N)(=O)=O. The third kappa shape index (κ3) is 2.71. The largest absolute Gasteiger partial charge is 0.334 e. The summed E-state index contributed by atoms with van der Waals surface area (Å²) in [6.45, 7) is 6.17. The molecule has 0 saturated carbocycles. The van der Waals surface area contributed by atoms with E-state index in [2.05, 4.69) is 17.1 Å². The van der Waals surface area contributed by atoms with Crippen LogP contribution in [0.4, 0.5) is 0 Å². The summed E-state index contributed by atoms with van der Waals surface area (Å²) in [6.07, 6.45) is 1.97. The monoisotopic (exact) mass is 300 g/mol. The fourth-order valence-corrected chi connectivity index (χ4v) is 3.49. The predicted octanol–water partition coefficient (Wildman–Crippen LogP) is 0.626. The number of primary sulfonamides is 1. The Morgan fingerprint density at radius 1 is 1.40 bits per heavy atom. The lowest BCUT2D eigenvalue weighted by atomic mass is 9.95. The number of hydrogen-bond acceptors (Lipinski definition) is 4. The molecule has 1 fully saturated rings. The molecule has 1 aliphatic rings. The Balaban J connectivity index is 2.39. The van der Waals surface area contributed by atoms with Crippen LogP contribution in [0.15, 0.2) is 4.90 Å². The minimum absolute atomic E-state index is 0.0732. The van der Waals surface area contributed by atoms with E-state index < -0.39 is 10.0 Å². The van der Waals surface area contributed by atoms with Gasteiger partial charge in [0.05, 0.1) is 5.69 Å². The van der Waals surface area contributed by atoms with Crippen LogP contribution in [0, 0.1) is 12.8 Å². The number of aryl methyl sites for hydroxylation is 1. The number of amides is 1. The second-order valence-electron chi connectivity index (χ2n) is 5.56. The van der Waals surface area contributed by atoms with Crippen LogP contribution >= 0.6 is 0 Å². The average molecular weight is 300 g/mol. The summed E-state index contributed by atoms with van der Waals surface area (Å²) in [5.41, 5.74) is 0.180. The molecule has 0 spiro atoms. The van der Waals surface area contributed by atoms with E-state index in [4.69, 9.17) is 5.14 Å². The van der Waals surface area contributed by atoms with Gasteiger partial charge < -0.3 is 4.90 Å². The molecule has 3 N–H and O–H groups in total. The number of aromatic nitrogens is 2. The van der Waals surface area contributed by atoms with Gasteiger partial charge >= 0.3 is 0 Å². The highest BCUT2D eigenvalue weighted by atomic mass is 32.2. The molecular formula is C12H20N4O3S. The molecule has 1 amide bonds. The van der Waals surface area contributed by atoms with Gasteiger partial charge in [-0.1, -0.05) is 6.92 Å². The summed E-state index contributed by atoms with van der Waals surface area (Å²) in [4.78, 5) is 14.0. The molecule has 1 aromatic rings. The molecule has 2 unspecified atom stereocenters. The lowest BCUT2D eigenvalue weighted by Gasteiger charge is -2.36. The third-order valence-electron chi connectivity index (χ3n) is 3.76. The van der Waals surface area contributed by atoms with Crippen molar-refractivity contribution in [3.63, 3.8) is 0 Å². The molecule has 20 heavy (non-hydrogen) atoms. The molecule has 112 valence electrons. The summed E-state index contributed by atoms with van der Waals surface area (Å²) in [5, 5.41) is 11.5. The normalized spacial score (nSPS) is 23.9. The highest BCUT2D eigenvalue weighted by Crippen LogP contribution is 2.25. The predicted molar refractivity (Wildman–Crippen MR) is 73.6 cm³/mol. The zero-order valence-corrected chi connectivity index (χ0v) is 12.7. The maximum atomic E-state index is 12.6. The van der Waals surface area contributed by atoms with E-state index in [1.807, 2.05) is 6.92 Å². The lowest BCUT2D eigenvalue weighted by Crippen LogP contribution is -2.45. The van der Waals surface area contributed by atoms with Crippen molar-refractivity contribution in [3.05, 3.63) is 11.4 Å². The Kier molecular flexibility index (Phi) is 3.88. The summed E-state index contributed by atoms with van der Waals surface area (Å²) in [5.74, 6) is 0.0190. The van der Waals surface area contributed by atoms with E-state index in [9.17, 15) is 13.2 Å². The maximum Gasteiger partial charge on any atom is 0.276 e. The van der Waals surface area contributed by atoms with Crippen LogP contribution in [0.5, 0.6) is 0 Å². The van der Waals surface area contributed by atoms with Gasteiger partial charge in [-0.3, -0.25) is 9.89 Å². The Morgan fingerprint density at radius 2 is 2.05 bits per heavy atom. The number of carbonyl (C=O) groups excluding carboxylic acids is 1. The van der Waals surface area contributed by atoms with Crippen LogP contribution < -0.4 is 5.14 Å². The van der Waals surface area contributed by atoms with Crippen LogP contribution in [0.2, 0.25) is 0 Å². The highest BCUT2D eigenvalue weighted by Gasteiger charge is 2.33. The molecule has 0 aromatic carbocycles. The highest BCUT2D eigenvalue weighted by molar-refractivity contribution is 7.89. The fraction of sp³-hybridized carbons (Fsp3) is 0.667. The van der Waals surface area contributed by atoms with E-state index >= 15 is 0 Å². The number of carbonyl (C=O) groups is 1. The first-order valence-electron chi connectivity index (χ1n) is 6.60.